The molecule has 1 heterocycles. The summed E-state index contributed by atoms with van der Waals surface area (Å²) in [7, 11) is 0. The van der Waals surface area contributed by atoms with E-state index in [4.69, 9.17) is 5.11 Å². The van der Waals surface area contributed by atoms with Crippen LogP contribution in [0.5, 0.6) is 0 Å². The molecule has 3 rings (SSSR count). The number of nitro groups is 1. The normalized spacial score (nSPS) is 17.7. The Labute approximate surface area is 177 Å². The lowest BCUT2D eigenvalue weighted by atomic mass is 9.94. The van der Waals surface area contributed by atoms with Crippen LogP contribution in [-0.4, -0.2) is 44.2 Å². The number of nitro benzene ring substituents is 1. The standard InChI is InChI=1S/C22H20N2O7/c1-13-7-9-14(10-8-13)20(27)18-19(15-4-2-5-16(12-15)24(30)31)23(22(29)21(18)28)11-3-6-17(25)26/h2,4-5,7-10,12,19,27H,3,6,11H2,1H3,(H,25,26)/b20-18+/t19-/m1/s1. The second-order valence-electron chi connectivity index (χ2n) is 7.21. The number of amides is 1. The zero-order valence-electron chi connectivity index (χ0n) is 16.6. The van der Waals surface area contributed by atoms with E-state index in [0.717, 1.165) is 10.5 Å². The Kier molecular flexibility index (Phi) is 6.15. The van der Waals surface area contributed by atoms with Crippen LogP contribution in [0.3, 0.4) is 0 Å². The van der Waals surface area contributed by atoms with Gasteiger partial charge in [-0.2, -0.15) is 0 Å². The van der Waals surface area contributed by atoms with E-state index in [1.165, 1.54) is 24.3 Å². The minimum absolute atomic E-state index is 0.0606. The van der Waals surface area contributed by atoms with E-state index in [9.17, 15) is 29.6 Å². The van der Waals surface area contributed by atoms with Gasteiger partial charge in [0.15, 0.2) is 0 Å². The van der Waals surface area contributed by atoms with Crippen LogP contribution in [0.1, 0.15) is 35.6 Å². The Morgan fingerprint density at radius 3 is 2.42 bits per heavy atom. The van der Waals surface area contributed by atoms with Gasteiger partial charge < -0.3 is 15.1 Å². The number of aliphatic hydroxyl groups excluding tert-OH is 1. The number of hydrogen-bond acceptors (Lipinski definition) is 6. The average molecular weight is 424 g/mol. The minimum Gasteiger partial charge on any atom is -0.507 e. The maximum atomic E-state index is 12.8. The molecule has 2 N–H and O–H groups in total. The molecule has 0 bridgehead atoms. The molecule has 0 radical (unpaired) electrons. The molecule has 0 unspecified atom stereocenters. The van der Waals surface area contributed by atoms with Crippen LogP contribution in [0.15, 0.2) is 54.1 Å². The smallest absolute Gasteiger partial charge is 0.303 e. The minimum atomic E-state index is -1.07. The molecule has 0 spiro atoms. The summed E-state index contributed by atoms with van der Waals surface area (Å²) in [5, 5.41) is 31.0. The van der Waals surface area contributed by atoms with E-state index in [2.05, 4.69) is 0 Å². The number of hydrogen-bond donors (Lipinski definition) is 2. The van der Waals surface area contributed by atoms with Crippen molar-refractivity contribution >= 4 is 29.1 Å². The van der Waals surface area contributed by atoms with Gasteiger partial charge in [0, 0.05) is 30.7 Å². The van der Waals surface area contributed by atoms with E-state index >= 15 is 0 Å². The average Bonchev–Trinajstić information content (AvgIpc) is 2.98. The second kappa shape index (κ2) is 8.78. The van der Waals surface area contributed by atoms with Gasteiger partial charge >= 0.3 is 5.97 Å². The highest BCUT2D eigenvalue weighted by atomic mass is 16.6. The van der Waals surface area contributed by atoms with Crippen molar-refractivity contribution in [3.63, 3.8) is 0 Å². The van der Waals surface area contributed by atoms with E-state index in [1.807, 2.05) is 6.92 Å². The van der Waals surface area contributed by atoms with Gasteiger partial charge in [-0.05, 0) is 18.9 Å². The van der Waals surface area contributed by atoms with Gasteiger partial charge in [-0.25, -0.2) is 0 Å². The van der Waals surface area contributed by atoms with Gasteiger partial charge in [-0.1, -0.05) is 42.0 Å². The quantitative estimate of drug-likeness (QED) is 0.229. The van der Waals surface area contributed by atoms with E-state index in [0.29, 0.717) is 5.56 Å². The van der Waals surface area contributed by atoms with Crippen molar-refractivity contribution in [2.45, 2.75) is 25.8 Å². The number of aryl methyl sites for hydroxylation is 1. The number of likely N-dealkylation sites (tertiary alicyclic amines) is 1. The lowest BCUT2D eigenvalue weighted by molar-refractivity contribution is -0.384. The third-order valence-electron chi connectivity index (χ3n) is 5.05. The maximum absolute atomic E-state index is 12.8. The van der Waals surface area contributed by atoms with Crippen molar-refractivity contribution in [3.8, 4) is 0 Å². The summed E-state index contributed by atoms with van der Waals surface area (Å²) in [6, 6.07) is 11.1. The van der Waals surface area contributed by atoms with Gasteiger partial charge in [0.2, 0.25) is 0 Å². The Hall–Kier alpha value is -4.01. The molecule has 1 saturated heterocycles. The summed E-state index contributed by atoms with van der Waals surface area (Å²) < 4.78 is 0. The number of nitrogens with zero attached hydrogens (tertiary/aromatic N) is 2. The summed E-state index contributed by atoms with van der Waals surface area (Å²) in [5.41, 5.74) is 1.11. The van der Waals surface area contributed by atoms with Crippen molar-refractivity contribution in [2.75, 3.05) is 6.54 Å². The molecule has 31 heavy (non-hydrogen) atoms. The van der Waals surface area contributed by atoms with Gasteiger partial charge in [-0.15, -0.1) is 0 Å². The summed E-state index contributed by atoms with van der Waals surface area (Å²) in [6.07, 6.45) is -0.138. The van der Waals surface area contributed by atoms with Crippen LogP contribution in [0, 0.1) is 17.0 Å². The number of aliphatic carboxylic acids is 1. The predicted octanol–water partition coefficient (Wildman–Crippen LogP) is 3.19. The van der Waals surface area contributed by atoms with E-state index in [-0.39, 0.29) is 36.2 Å². The first kappa shape index (κ1) is 21.7. The molecular weight excluding hydrogens is 404 g/mol. The Balaban J connectivity index is 2.14. The number of rotatable bonds is 7. The highest BCUT2D eigenvalue weighted by molar-refractivity contribution is 6.46. The fraction of sp³-hybridized carbons (Fsp3) is 0.227. The largest absolute Gasteiger partial charge is 0.507 e. The number of non-ortho nitro benzene ring substituents is 1. The first-order valence-corrected chi connectivity index (χ1v) is 9.52. The number of aliphatic hydroxyl groups is 1. The second-order valence-corrected chi connectivity index (χ2v) is 7.21. The molecule has 1 atom stereocenters. The first-order valence-electron chi connectivity index (χ1n) is 9.52. The van der Waals surface area contributed by atoms with Crippen LogP contribution in [-0.2, 0) is 14.4 Å². The molecule has 9 heteroatoms. The Bertz CT molecular complexity index is 1090. The third kappa shape index (κ3) is 4.45. The zero-order valence-corrected chi connectivity index (χ0v) is 16.6. The highest BCUT2D eigenvalue weighted by Gasteiger charge is 2.46. The van der Waals surface area contributed by atoms with E-state index in [1.54, 1.807) is 24.3 Å². The van der Waals surface area contributed by atoms with Crippen molar-refractivity contribution in [2.24, 2.45) is 0 Å². The Morgan fingerprint density at radius 1 is 1.13 bits per heavy atom. The monoisotopic (exact) mass is 424 g/mol. The molecule has 0 saturated carbocycles. The summed E-state index contributed by atoms with van der Waals surface area (Å²) in [6.45, 7) is 1.79. The molecule has 0 aliphatic carbocycles. The molecule has 2 aromatic carbocycles. The van der Waals surface area contributed by atoms with Gasteiger partial charge in [-0.3, -0.25) is 24.5 Å². The summed E-state index contributed by atoms with van der Waals surface area (Å²) in [5.74, 6) is -3.26. The van der Waals surface area contributed by atoms with Crippen LogP contribution in [0.2, 0.25) is 0 Å². The number of carbonyl (C=O) groups excluding carboxylic acids is 2. The summed E-state index contributed by atoms with van der Waals surface area (Å²) >= 11 is 0. The SMILES string of the molecule is Cc1ccc(/C(O)=C2\C(=O)C(=O)N(CCCC(=O)O)[C@@H]2c2cccc([N+](=O)[O-])c2)cc1. The molecule has 160 valence electrons. The number of ketones is 1. The lowest BCUT2D eigenvalue weighted by Gasteiger charge is -2.25. The van der Waals surface area contributed by atoms with Crippen LogP contribution < -0.4 is 0 Å². The zero-order chi connectivity index (χ0) is 22.7. The third-order valence-corrected chi connectivity index (χ3v) is 5.05. The van der Waals surface area contributed by atoms with Crippen LogP contribution >= 0.6 is 0 Å². The topological polar surface area (TPSA) is 138 Å². The highest BCUT2D eigenvalue weighted by Crippen LogP contribution is 2.40. The predicted molar refractivity (Wildman–Crippen MR) is 110 cm³/mol. The van der Waals surface area contributed by atoms with Gasteiger partial charge in [0.05, 0.1) is 16.5 Å². The molecule has 2 aromatic rings. The molecular formula is C22H20N2O7. The van der Waals surface area contributed by atoms with Crippen molar-refractivity contribution in [1.29, 1.82) is 0 Å². The fourth-order valence-corrected chi connectivity index (χ4v) is 3.53. The number of carbonyl (C=O) groups is 3. The molecule has 1 fully saturated rings. The van der Waals surface area contributed by atoms with Crippen molar-refractivity contribution in [3.05, 3.63) is 80.9 Å². The Morgan fingerprint density at radius 2 is 1.81 bits per heavy atom. The van der Waals surface area contributed by atoms with Gasteiger partial charge in [0.1, 0.15) is 5.76 Å². The van der Waals surface area contributed by atoms with E-state index < -0.39 is 34.4 Å². The van der Waals surface area contributed by atoms with Gasteiger partial charge in [0.25, 0.3) is 17.4 Å². The fourth-order valence-electron chi connectivity index (χ4n) is 3.53. The molecule has 1 aliphatic rings. The van der Waals surface area contributed by atoms with Crippen LogP contribution in [0.4, 0.5) is 5.69 Å². The number of Topliss-reactive ketones (excluding diaryl/α,β-unsaturated/α-hetero) is 1. The molecule has 0 aromatic heterocycles. The number of carboxylic acids is 1. The number of benzene rings is 2. The lowest BCUT2D eigenvalue weighted by Crippen LogP contribution is -2.31. The maximum Gasteiger partial charge on any atom is 0.303 e. The van der Waals surface area contributed by atoms with Crippen molar-refractivity contribution < 1.29 is 29.5 Å². The summed E-state index contributed by atoms with van der Waals surface area (Å²) in [4.78, 5) is 48.2. The molecule has 1 aliphatic heterocycles. The van der Waals surface area contributed by atoms with Crippen molar-refractivity contribution in [1.82, 2.24) is 4.90 Å². The van der Waals surface area contributed by atoms with Crippen LogP contribution in [0.25, 0.3) is 5.76 Å². The molecule has 9 nitrogen and oxygen atoms in total. The number of carboxylic acid groups (broad SMARTS) is 1. The first-order chi connectivity index (χ1) is 14.7. The molecule has 1 amide bonds.